The molecule has 1 aromatic heterocycles. The van der Waals surface area contributed by atoms with Crippen molar-refractivity contribution in [1.82, 2.24) is 0 Å². The largest absolute Gasteiger partial charge is 0.477 e. The molecule has 1 amide bonds. The summed E-state index contributed by atoms with van der Waals surface area (Å²) in [6, 6.07) is 1.78. The molecule has 0 atom stereocenters. The summed E-state index contributed by atoms with van der Waals surface area (Å²) in [5.74, 6) is 6.61. The van der Waals surface area contributed by atoms with Gasteiger partial charge < -0.3 is 15.1 Å². The third-order valence-electron chi connectivity index (χ3n) is 7.55. The molecule has 32 heavy (non-hydrogen) atoms. The van der Waals surface area contributed by atoms with E-state index >= 15 is 0 Å². The van der Waals surface area contributed by atoms with E-state index in [1.807, 2.05) is 6.07 Å². The first-order valence-corrected chi connectivity index (χ1v) is 13.1. The van der Waals surface area contributed by atoms with Crippen molar-refractivity contribution >= 4 is 28.9 Å². The average Bonchev–Trinajstić information content (AvgIpc) is 3.44. The lowest BCUT2D eigenvalue weighted by Gasteiger charge is -2.38. The number of carboxylic acids is 1. The molecule has 0 radical (unpaired) electrons. The Labute approximate surface area is 195 Å². The van der Waals surface area contributed by atoms with E-state index < -0.39 is 5.97 Å². The molecule has 0 saturated heterocycles. The van der Waals surface area contributed by atoms with E-state index in [-0.39, 0.29) is 28.8 Å². The fourth-order valence-corrected chi connectivity index (χ4v) is 6.38. The lowest BCUT2D eigenvalue weighted by molar-refractivity contribution is -0.124. The number of aliphatic hydroxyl groups excluding tert-OH is 1. The summed E-state index contributed by atoms with van der Waals surface area (Å²) >= 11 is 1.19. The quantitative estimate of drug-likeness (QED) is 0.589. The third kappa shape index (κ3) is 5.38. The van der Waals surface area contributed by atoms with Crippen LogP contribution in [0.25, 0.3) is 0 Å². The summed E-state index contributed by atoms with van der Waals surface area (Å²) in [6.07, 6.45) is 10.9. The van der Waals surface area contributed by atoms with Gasteiger partial charge in [0.1, 0.15) is 4.88 Å². The van der Waals surface area contributed by atoms with Crippen molar-refractivity contribution in [3.63, 3.8) is 0 Å². The highest BCUT2D eigenvalue weighted by molar-refractivity contribution is 7.15. The van der Waals surface area contributed by atoms with Crippen LogP contribution in [0.1, 0.15) is 98.5 Å². The van der Waals surface area contributed by atoms with Crippen molar-refractivity contribution in [1.29, 1.82) is 0 Å². The molecule has 3 fully saturated rings. The molecule has 3 aliphatic rings. The van der Waals surface area contributed by atoms with Gasteiger partial charge in [-0.05, 0) is 76.2 Å². The SMILES string of the molecule is CC1CCC(C(=O)N(c2cc(C#CC3CCCC3)sc2C(=O)O)[C@H]2CC[C@H](O)CC2)CC1. The van der Waals surface area contributed by atoms with E-state index in [9.17, 15) is 19.8 Å². The van der Waals surface area contributed by atoms with E-state index in [1.54, 1.807) is 4.90 Å². The van der Waals surface area contributed by atoms with E-state index in [0.717, 1.165) is 43.4 Å². The van der Waals surface area contributed by atoms with Gasteiger partial charge in [-0.1, -0.05) is 31.6 Å². The number of aromatic carboxylic acids is 1. The van der Waals surface area contributed by atoms with Gasteiger partial charge in [0.25, 0.3) is 0 Å². The van der Waals surface area contributed by atoms with Gasteiger partial charge in [0.05, 0.1) is 16.7 Å². The molecule has 1 aromatic rings. The number of carbonyl (C=O) groups is 2. The first-order valence-electron chi connectivity index (χ1n) is 12.3. The van der Waals surface area contributed by atoms with Crippen molar-refractivity contribution in [3.8, 4) is 11.8 Å². The molecule has 5 nitrogen and oxygen atoms in total. The third-order valence-corrected chi connectivity index (χ3v) is 8.58. The summed E-state index contributed by atoms with van der Waals surface area (Å²) in [5, 5.41) is 20.0. The summed E-state index contributed by atoms with van der Waals surface area (Å²) in [4.78, 5) is 28.7. The summed E-state index contributed by atoms with van der Waals surface area (Å²) in [7, 11) is 0. The van der Waals surface area contributed by atoms with Crippen molar-refractivity contribution in [2.75, 3.05) is 4.90 Å². The van der Waals surface area contributed by atoms with Gasteiger partial charge in [0, 0.05) is 17.9 Å². The molecule has 1 heterocycles. The predicted octanol–water partition coefficient (Wildman–Crippen LogP) is 5.45. The van der Waals surface area contributed by atoms with E-state index in [0.29, 0.717) is 43.2 Å². The standard InChI is InChI=1S/C26H35NO4S/c1-17-6-9-19(10-7-17)25(29)27(20-11-13-21(28)14-12-20)23-16-22(32-24(23)26(30)31)15-8-18-4-2-3-5-18/h16-21,28H,2-7,9-14H2,1H3,(H,30,31)/t17?,19?,20-,21-. The Bertz CT molecular complexity index is 875. The minimum atomic E-state index is -0.996. The van der Waals surface area contributed by atoms with Crippen LogP contribution < -0.4 is 4.90 Å². The Hall–Kier alpha value is -1.84. The van der Waals surface area contributed by atoms with E-state index in [1.165, 1.54) is 24.2 Å². The van der Waals surface area contributed by atoms with E-state index in [2.05, 4.69) is 18.8 Å². The Morgan fingerprint density at radius 1 is 1.00 bits per heavy atom. The molecule has 6 heteroatoms. The maximum atomic E-state index is 13.8. The van der Waals surface area contributed by atoms with Crippen molar-refractivity contribution in [2.24, 2.45) is 17.8 Å². The second-order valence-electron chi connectivity index (χ2n) is 10.0. The zero-order valence-corrected chi connectivity index (χ0v) is 19.8. The summed E-state index contributed by atoms with van der Waals surface area (Å²) in [5.41, 5.74) is 0.517. The monoisotopic (exact) mass is 457 g/mol. The van der Waals surface area contributed by atoms with Gasteiger partial charge in [-0.25, -0.2) is 4.79 Å². The average molecular weight is 458 g/mol. The van der Waals surface area contributed by atoms with Crippen LogP contribution in [0.5, 0.6) is 0 Å². The normalized spacial score (nSPS) is 28.7. The van der Waals surface area contributed by atoms with Crippen molar-refractivity contribution < 1.29 is 19.8 Å². The Kier molecular flexibility index (Phi) is 7.58. The van der Waals surface area contributed by atoms with Gasteiger partial charge in [-0.3, -0.25) is 4.79 Å². The fourth-order valence-electron chi connectivity index (χ4n) is 5.53. The Balaban J connectivity index is 1.66. The minimum absolute atomic E-state index is 0.0485. The van der Waals surface area contributed by atoms with Crippen LogP contribution in [0.15, 0.2) is 6.07 Å². The molecule has 3 saturated carbocycles. The van der Waals surface area contributed by atoms with E-state index in [4.69, 9.17) is 0 Å². The maximum absolute atomic E-state index is 13.8. The molecule has 3 aliphatic carbocycles. The molecule has 4 rings (SSSR count). The van der Waals surface area contributed by atoms with Gasteiger partial charge in [0.15, 0.2) is 0 Å². The number of carboxylic acid groups (broad SMARTS) is 1. The molecule has 0 aliphatic heterocycles. The Morgan fingerprint density at radius 3 is 2.28 bits per heavy atom. The highest BCUT2D eigenvalue weighted by atomic mass is 32.1. The van der Waals surface area contributed by atoms with Crippen molar-refractivity contribution in [3.05, 3.63) is 15.8 Å². The highest BCUT2D eigenvalue weighted by Gasteiger charge is 2.37. The zero-order chi connectivity index (χ0) is 22.7. The van der Waals surface area contributed by atoms with Crippen molar-refractivity contribution in [2.45, 2.75) is 96.1 Å². The number of nitrogens with zero attached hydrogens (tertiary/aromatic N) is 1. The zero-order valence-electron chi connectivity index (χ0n) is 19.0. The molecular formula is C26H35NO4S. The number of rotatable bonds is 4. The highest BCUT2D eigenvalue weighted by Crippen LogP contribution is 2.39. The van der Waals surface area contributed by atoms with Crippen LogP contribution >= 0.6 is 11.3 Å². The second kappa shape index (κ2) is 10.4. The number of thiophene rings is 1. The van der Waals surface area contributed by atoms with Crippen LogP contribution in [0.3, 0.4) is 0 Å². The first kappa shape index (κ1) is 23.3. The van der Waals surface area contributed by atoms with Gasteiger partial charge in [-0.15, -0.1) is 11.3 Å². The first-order chi connectivity index (χ1) is 15.4. The number of anilines is 1. The maximum Gasteiger partial charge on any atom is 0.348 e. The molecule has 0 unspecified atom stereocenters. The number of amides is 1. The molecule has 0 bridgehead atoms. The molecular weight excluding hydrogens is 422 g/mol. The van der Waals surface area contributed by atoms with Gasteiger partial charge in [-0.2, -0.15) is 0 Å². The fraction of sp³-hybridized carbons (Fsp3) is 0.692. The number of hydrogen-bond acceptors (Lipinski definition) is 4. The number of aliphatic hydroxyl groups is 1. The lowest BCUT2D eigenvalue weighted by Crippen LogP contribution is -2.47. The van der Waals surface area contributed by atoms with Crippen LogP contribution in [0, 0.1) is 29.6 Å². The number of hydrogen-bond donors (Lipinski definition) is 2. The summed E-state index contributed by atoms with van der Waals surface area (Å²) in [6.45, 7) is 2.23. The van der Waals surface area contributed by atoms with Crippen LogP contribution in [0.2, 0.25) is 0 Å². The molecule has 0 spiro atoms. The smallest absolute Gasteiger partial charge is 0.348 e. The summed E-state index contributed by atoms with van der Waals surface area (Å²) < 4.78 is 0. The van der Waals surface area contributed by atoms with Crippen LogP contribution in [-0.4, -0.2) is 34.2 Å². The topological polar surface area (TPSA) is 77.8 Å². The second-order valence-corrected chi connectivity index (χ2v) is 11.1. The predicted molar refractivity (Wildman–Crippen MR) is 127 cm³/mol. The van der Waals surface area contributed by atoms with Gasteiger partial charge >= 0.3 is 5.97 Å². The minimum Gasteiger partial charge on any atom is -0.477 e. The number of carbonyl (C=O) groups excluding carboxylic acids is 1. The molecule has 174 valence electrons. The Morgan fingerprint density at radius 2 is 1.66 bits per heavy atom. The molecule has 0 aromatic carbocycles. The van der Waals surface area contributed by atoms with Crippen LogP contribution in [0.4, 0.5) is 5.69 Å². The lowest BCUT2D eigenvalue weighted by atomic mass is 9.81. The van der Waals surface area contributed by atoms with Crippen LogP contribution in [-0.2, 0) is 4.79 Å². The molecule has 2 N–H and O–H groups in total. The van der Waals surface area contributed by atoms with Gasteiger partial charge in [0.2, 0.25) is 5.91 Å².